The van der Waals surface area contributed by atoms with E-state index < -0.39 is 23.7 Å². The molecule has 1 heterocycles. The van der Waals surface area contributed by atoms with Crippen molar-refractivity contribution in [1.82, 2.24) is 15.3 Å². The van der Waals surface area contributed by atoms with E-state index in [0.29, 0.717) is 12.7 Å². The highest BCUT2D eigenvalue weighted by Gasteiger charge is 2.54. The SMILES string of the molecule is CC(NC(=O)C(C)(N)C(F)(F)F)c1ncc[nH]1. The molecular weight excluding hydrogens is 237 g/mol. The van der Waals surface area contributed by atoms with Crippen LogP contribution in [0.3, 0.4) is 0 Å². The minimum atomic E-state index is -4.81. The third-order valence-electron chi connectivity index (χ3n) is 2.34. The normalized spacial score (nSPS) is 17.3. The predicted molar refractivity (Wildman–Crippen MR) is 53.8 cm³/mol. The van der Waals surface area contributed by atoms with Gasteiger partial charge in [0.15, 0.2) is 5.54 Å². The average Bonchev–Trinajstić information content (AvgIpc) is 2.68. The van der Waals surface area contributed by atoms with E-state index in [4.69, 9.17) is 5.73 Å². The zero-order valence-corrected chi connectivity index (χ0v) is 9.30. The summed E-state index contributed by atoms with van der Waals surface area (Å²) in [5.41, 5.74) is 2.05. The van der Waals surface area contributed by atoms with E-state index in [1.54, 1.807) is 0 Å². The first-order valence-electron chi connectivity index (χ1n) is 4.82. The molecule has 0 spiro atoms. The zero-order chi connectivity index (χ0) is 13.3. The van der Waals surface area contributed by atoms with Crippen molar-refractivity contribution in [1.29, 1.82) is 0 Å². The van der Waals surface area contributed by atoms with E-state index in [1.807, 2.05) is 0 Å². The monoisotopic (exact) mass is 250 g/mol. The molecule has 8 heteroatoms. The van der Waals surface area contributed by atoms with Crippen molar-refractivity contribution in [2.24, 2.45) is 5.73 Å². The van der Waals surface area contributed by atoms with Crippen LogP contribution in [0, 0.1) is 0 Å². The molecule has 96 valence electrons. The number of imidazole rings is 1. The van der Waals surface area contributed by atoms with Gasteiger partial charge >= 0.3 is 6.18 Å². The lowest BCUT2D eigenvalue weighted by atomic mass is 10.0. The van der Waals surface area contributed by atoms with E-state index >= 15 is 0 Å². The van der Waals surface area contributed by atoms with Crippen molar-refractivity contribution in [2.45, 2.75) is 31.6 Å². The molecule has 2 atom stereocenters. The molecule has 0 saturated carbocycles. The summed E-state index contributed by atoms with van der Waals surface area (Å²) in [7, 11) is 0. The van der Waals surface area contributed by atoms with Crippen molar-refractivity contribution in [3.05, 3.63) is 18.2 Å². The number of rotatable bonds is 3. The Balaban J connectivity index is 2.73. The lowest BCUT2D eigenvalue weighted by molar-refractivity contribution is -0.187. The van der Waals surface area contributed by atoms with Gasteiger partial charge in [-0.05, 0) is 13.8 Å². The number of hydrogen-bond donors (Lipinski definition) is 3. The number of carbonyl (C=O) groups is 1. The first-order valence-corrected chi connectivity index (χ1v) is 4.82. The fourth-order valence-corrected chi connectivity index (χ4v) is 1.06. The number of amides is 1. The summed E-state index contributed by atoms with van der Waals surface area (Å²) in [6.45, 7) is 2.13. The maximum absolute atomic E-state index is 12.5. The Bertz CT molecular complexity index is 385. The minimum absolute atomic E-state index is 0.358. The van der Waals surface area contributed by atoms with Gasteiger partial charge in [-0.2, -0.15) is 13.2 Å². The molecule has 1 rings (SSSR count). The van der Waals surface area contributed by atoms with Crippen LogP contribution in [0.2, 0.25) is 0 Å². The van der Waals surface area contributed by atoms with Crippen LogP contribution in [-0.2, 0) is 4.79 Å². The van der Waals surface area contributed by atoms with Gasteiger partial charge < -0.3 is 16.0 Å². The van der Waals surface area contributed by atoms with Gasteiger partial charge in [-0.15, -0.1) is 0 Å². The van der Waals surface area contributed by atoms with Crippen LogP contribution in [0.5, 0.6) is 0 Å². The number of carbonyl (C=O) groups excluding carboxylic acids is 1. The second-order valence-corrected chi connectivity index (χ2v) is 3.87. The van der Waals surface area contributed by atoms with Gasteiger partial charge in [0, 0.05) is 12.4 Å². The molecule has 0 radical (unpaired) electrons. The van der Waals surface area contributed by atoms with Crippen LogP contribution in [-0.4, -0.2) is 27.6 Å². The van der Waals surface area contributed by atoms with Gasteiger partial charge in [0.1, 0.15) is 5.82 Å². The van der Waals surface area contributed by atoms with Gasteiger partial charge in [-0.3, -0.25) is 4.79 Å². The van der Waals surface area contributed by atoms with Gasteiger partial charge in [-0.25, -0.2) is 4.98 Å². The fraction of sp³-hybridized carbons (Fsp3) is 0.556. The maximum atomic E-state index is 12.5. The number of nitrogens with two attached hydrogens (primary N) is 1. The molecular formula is C9H13F3N4O. The van der Waals surface area contributed by atoms with Crippen LogP contribution >= 0.6 is 0 Å². The Morgan fingerprint density at radius 1 is 1.59 bits per heavy atom. The molecule has 0 fully saturated rings. The van der Waals surface area contributed by atoms with Crippen LogP contribution < -0.4 is 11.1 Å². The summed E-state index contributed by atoms with van der Waals surface area (Å²) in [4.78, 5) is 17.9. The second-order valence-electron chi connectivity index (χ2n) is 3.87. The zero-order valence-electron chi connectivity index (χ0n) is 9.30. The molecule has 0 aliphatic rings. The third kappa shape index (κ3) is 2.76. The number of aromatic nitrogens is 2. The van der Waals surface area contributed by atoms with E-state index in [1.165, 1.54) is 19.3 Å². The summed E-state index contributed by atoms with van der Waals surface area (Å²) >= 11 is 0. The Labute approximate surface area is 95.6 Å². The van der Waals surface area contributed by atoms with Crippen LogP contribution in [0.25, 0.3) is 0 Å². The molecule has 0 aliphatic heterocycles. The molecule has 2 unspecified atom stereocenters. The first kappa shape index (κ1) is 13.5. The molecule has 5 nitrogen and oxygen atoms in total. The summed E-state index contributed by atoms with van der Waals surface area (Å²) < 4.78 is 37.4. The van der Waals surface area contributed by atoms with Gasteiger partial charge in [0.2, 0.25) is 5.91 Å². The quantitative estimate of drug-likeness (QED) is 0.744. The molecule has 0 aliphatic carbocycles. The Hall–Kier alpha value is -1.57. The van der Waals surface area contributed by atoms with Crippen LogP contribution in [0.15, 0.2) is 12.4 Å². The van der Waals surface area contributed by atoms with E-state index in [0.717, 1.165) is 0 Å². The highest BCUT2D eigenvalue weighted by Crippen LogP contribution is 2.28. The molecule has 1 aromatic rings. The van der Waals surface area contributed by atoms with E-state index in [-0.39, 0.29) is 0 Å². The highest BCUT2D eigenvalue weighted by molar-refractivity contribution is 5.86. The Kier molecular flexibility index (Phi) is 3.46. The Morgan fingerprint density at radius 3 is 2.59 bits per heavy atom. The molecule has 1 aromatic heterocycles. The molecule has 4 N–H and O–H groups in total. The number of alkyl halides is 3. The van der Waals surface area contributed by atoms with Crippen molar-refractivity contribution >= 4 is 5.91 Å². The maximum Gasteiger partial charge on any atom is 0.415 e. The number of nitrogens with zero attached hydrogens (tertiary/aromatic N) is 1. The lowest BCUT2D eigenvalue weighted by Gasteiger charge is -2.27. The molecule has 1 amide bonds. The molecule has 0 aromatic carbocycles. The molecule has 0 saturated heterocycles. The summed E-state index contributed by atoms with van der Waals surface area (Å²) in [6, 6.07) is -0.678. The smallest absolute Gasteiger partial charge is 0.347 e. The fourth-order valence-electron chi connectivity index (χ4n) is 1.06. The standard InChI is InChI=1S/C9H13F3N4O/c1-5(6-14-3-4-15-6)16-7(17)8(2,13)9(10,11)12/h3-5H,13H2,1-2H3,(H,14,15)(H,16,17). The molecule has 0 bridgehead atoms. The van der Waals surface area contributed by atoms with Crippen molar-refractivity contribution in [3.63, 3.8) is 0 Å². The third-order valence-corrected chi connectivity index (χ3v) is 2.34. The number of halogens is 3. The first-order chi connectivity index (χ1) is 7.66. The highest BCUT2D eigenvalue weighted by atomic mass is 19.4. The molecule has 17 heavy (non-hydrogen) atoms. The van der Waals surface area contributed by atoms with Gasteiger partial charge in [0.25, 0.3) is 0 Å². The average molecular weight is 250 g/mol. The van der Waals surface area contributed by atoms with E-state index in [2.05, 4.69) is 15.3 Å². The second kappa shape index (κ2) is 4.36. The number of aromatic amines is 1. The van der Waals surface area contributed by atoms with Crippen molar-refractivity contribution < 1.29 is 18.0 Å². The number of H-pyrrole nitrogens is 1. The number of hydrogen-bond acceptors (Lipinski definition) is 3. The largest absolute Gasteiger partial charge is 0.415 e. The van der Waals surface area contributed by atoms with Crippen LogP contribution in [0.4, 0.5) is 13.2 Å². The van der Waals surface area contributed by atoms with Gasteiger partial charge in [-0.1, -0.05) is 0 Å². The summed E-state index contributed by atoms with van der Waals surface area (Å²) in [5, 5.41) is 2.15. The van der Waals surface area contributed by atoms with Crippen LogP contribution in [0.1, 0.15) is 25.7 Å². The summed E-state index contributed by atoms with van der Waals surface area (Å²) in [5.74, 6) is -0.940. The summed E-state index contributed by atoms with van der Waals surface area (Å²) in [6.07, 6.45) is -1.87. The Morgan fingerprint density at radius 2 is 2.18 bits per heavy atom. The minimum Gasteiger partial charge on any atom is -0.347 e. The lowest BCUT2D eigenvalue weighted by Crippen LogP contribution is -2.61. The topological polar surface area (TPSA) is 83.8 Å². The van der Waals surface area contributed by atoms with Gasteiger partial charge in [0.05, 0.1) is 6.04 Å². The van der Waals surface area contributed by atoms with Crippen molar-refractivity contribution in [2.75, 3.05) is 0 Å². The van der Waals surface area contributed by atoms with Crippen molar-refractivity contribution in [3.8, 4) is 0 Å². The predicted octanol–water partition coefficient (Wildman–Crippen LogP) is 0.867. The number of nitrogens with one attached hydrogen (secondary N) is 2. The van der Waals surface area contributed by atoms with E-state index in [9.17, 15) is 18.0 Å².